The van der Waals surface area contributed by atoms with E-state index < -0.39 is 10.0 Å². The summed E-state index contributed by atoms with van der Waals surface area (Å²) in [4.78, 5) is 0.332. The van der Waals surface area contributed by atoms with Gasteiger partial charge in [-0.2, -0.15) is 9.40 Å². The van der Waals surface area contributed by atoms with Crippen LogP contribution in [0.2, 0.25) is 0 Å². The third-order valence-corrected chi connectivity index (χ3v) is 6.65. The van der Waals surface area contributed by atoms with Crippen LogP contribution in [0.4, 0.5) is 0 Å². The molecule has 0 unspecified atom stereocenters. The fraction of sp³-hybridized carbons (Fsp3) is 0.500. The zero-order valence-electron chi connectivity index (χ0n) is 15.2. The Labute approximate surface area is 149 Å². The van der Waals surface area contributed by atoms with Gasteiger partial charge < -0.3 is 4.74 Å². The predicted molar refractivity (Wildman–Crippen MR) is 96.3 cm³/mol. The number of morpholine rings is 1. The van der Waals surface area contributed by atoms with Gasteiger partial charge in [0, 0.05) is 13.1 Å². The fourth-order valence-electron chi connectivity index (χ4n) is 3.46. The molecule has 0 radical (unpaired) electrons. The molecule has 0 saturated carbocycles. The Kier molecular flexibility index (Phi) is 4.99. The van der Waals surface area contributed by atoms with Crippen LogP contribution >= 0.6 is 0 Å². The van der Waals surface area contributed by atoms with Gasteiger partial charge in [0.05, 0.1) is 31.1 Å². The maximum Gasteiger partial charge on any atom is 0.246 e. The Hall–Kier alpha value is -1.70. The molecular weight excluding hydrogens is 338 g/mol. The fourth-order valence-corrected chi connectivity index (χ4v) is 5.24. The van der Waals surface area contributed by atoms with E-state index in [0.29, 0.717) is 49.1 Å². The molecule has 0 spiro atoms. The van der Waals surface area contributed by atoms with Gasteiger partial charge in [-0.25, -0.2) is 8.42 Å². The van der Waals surface area contributed by atoms with Crippen LogP contribution in [0.1, 0.15) is 28.1 Å². The molecule has 0 atom stereocenters. The molecule has 0 N–H and O–H groups in total. The Morgan fingerprint density at radius 2 is 1.64 bits per heavy atom. The lowest BCUT2D eigenvalue weighted by atomic mass is 10.1. The van der Waals surface area contributed by atoms with Gasteiger partial charge in [-0.3, -0.25) is 4.68 Å². The molecule has 6 nitrogen and oxygen atoms in total. The van der Waals surface area contributed by atoms with Crippen molar-refractivity contribution in [1.82, 2.24) is 14.1 Å². The smallest absolute Gasteiger partial charge is 0.246 e. The summed E-state index contributed by atoms with van der Waals surface area (Å²) in [6.07, 6.45) is 0. The van der Waals surface area contributed by atoms with Gasteiger partial charge in [0.15, 0.2) is 0 Å². The minimum absolute atomic E-state index is 0.332. The Bertz CT molecular complexity index is 861. The third-order valence-electron chi connectivity index (χ3n) is 4.50. The molecule has 0 aliphatic carbocycles. The topological polar surface area (TPSA) is 64.4 Å². The van der Waals surface area contributed by atoms with Crippen molar-refractivity contribution in [1.29, 1.82) is 0 Å². The lowest BCUT2D eigenvalue weighted by molar-refractivity contribution is 0.0730. The van der Waals surface area contributed by atoms with E-state index in [4.69, 9.17) is 4.74 Å². The number of aryl methyl sites for hydroxylation is 3. The van der Waals surface area contributed by atoms with Crippen LogP contribution < -0.4 is 0 Å². The number of hydrogen-bond donors (Lipinski definition) is 0. The van der Waals surface area contributed by atoms with Crippen LogP contribution in [0.25, 0.3) is 0 Å². The quantitative estimate of drug-likeness (QED) is 0.835. The minimum Gasteiger partial charge on any atom is -0.379 e. The second-order valence-corrected chi connectivity index (χ2v) is 8.54. The first-order chi connectivity index (χ1) is 11.8. The third kappa shape index (κ3) is 3.63. The Morgan fingerprint density at radius 3 is 2.24 bits per heavy atom. The maximum absolute atomic E-state index is 13.0. The molecule has 3 rings (SSSR count). The van der Waals surface area contributed by atoms with Crippen molar-refractivity contribution >= 4 is 10.0 Å². The van der Waals surface area contributed by atoms with E-state index >= 15 is 0 Å². The number of aromatic nitrogens is 2. The summed E-state index contributed by atoms with van der Waals surface area (Å²) in [5.74, 6) is 0. The first-order valence-electron chi connectivity index (χ1n) is 8.48. The van der Waals surface area contributed by atoms with Crippen LogP contribution in [0.3, 0.4) is 0 Å². The van der Waals surface area contributed by atoms with Crippen LogP contribution in [0.15, 0.2) is 23.1 Å². The maximum atomic E-state index is 13.0. The van der Waals surface area contributed by atoms with Crippen LogP contribution in [0, 0.1) is 27.7 Å². The monoisotopic (exact) mass is 363 g/mol. The van der Waals surface area contributed by atoms with Gasteiger partial charge in [-0.15, -0.1) is 0 Å². The molecule has 1 aliphatic heterocycles. The van der Waals surface area contributed by atoms with Crippen molar-refractivity contribution in [3.8, 4) is 0 Å². The Morgan fingerprint density at radius 1 is 1.04 bits per heavy atom. The zero-order valence-corrected chi connectivity index (χ0v) is 16.1. The van der Waals surface area contributed by atoms with E-state index in [1.807, 2.05) is 6.92 Å². The highest BCUT2D eigenvalue weighted by Crippen LogP contribution is 2.25. The molecule has 0 amide bonds. The first-order valence-corrected chi connectivity index (χ1v) is 9.92. The van der Waals surface area contributed by atoms with Gasteiger partial charge >= 0.3 is 0 Å². The number of ether oxygens (including phenoxy) is 1. The van der Waals surface area contributed by atoms with Crippen molar-refractivity contribution in [3.63, 3.8) is 0 Å². The van der Waals surface area contributed by atoms with E-state index in [2.05, 4.69) is 37.1 Å². The van der Waals surface area contributed by atoms with Crippen molar-refractivity contribution in [2.75, 3.05) is 26.3 Å². The zero-order chi connectivity index (χ0) is 18.2. The summed E-state index contributed by atoms with van der Waals surface area (Å²) < 4.78 is 34.6. The van der Waals surface area contributed by atoms with Gasteiger partial charge in [-0.05, 0) is 33.3 Å². The molecule has 1 aliphatic rings. The van der Waals surface area contributed by atoms with E-state index in [9.17, 15) is 8.42 Å². The molecule has 0 bridgehead atoms. The van der Waals surface area contributed by atoms with Gasteiger partial charge in [-0.1, -0.05) is 29.3 Å². The number of sulfonamides is 1. The molecule has 2 aromatic rings. The Balaban J connectivity index is 1.95. The summed E-state index contributed by atoms with van der Waals surface area (Å²) in [6.45, 7) is 9.94. The summed E-state index contributed by atoms with van der Waals surface area (Å²) in [6, 6.07) is 6.35. The summed E-state index contributed by atoms with van der Waals surface area (Å²) in [7, 11) is -3.54. The largest absolute Gasteiger partial charge is 0.379 e. The highest BCUT2D eigenvalue weighted by molar-refractivity contribution is 7.89. The van der Waals surface area contributed by atoms with Crippen molar-refractivity contribution in [2.45, 2.75) is 39.1 Å². The van der Waals surface area contributed by atoms with E-state index in [0.717, 1.165) is 5.56 Å². The second-order valence-electron chi connectivity index (χ2n) is 6.67. The second kappa shape index (κ2) is 6.90. The summed E-state index contributed by atoms with van der Waals surface area (Å²) in [5, 5.41) is 4.51. The standard InChI is InChI=1S/C18H25N3O3S/c1-13-9-14(2)11-17(10-13)12-21-16(4)18(15(3)19-21)25(22,23)20-5-7-24-8-6-20/h9-11H,5-8,12H2,1-4H3. The number of hydrogen-bond acceptors (Lipinski definition) is 4. The van der Waals surface area contributed by atoms with Crippen molar-refractivity contribution < 1.29 is 13.2 Å². The molecule has 1 aromatic carbocycles. The van der Waals surface area contributed by atoms with E-state index in [1.165, 1.54) is 15.4 Å². The molecule has 25 heavy (non-hydrogen) atoms. The summed E-state index contributed by atoms with van der Waals surface area (Å²) >= 11 is 0. The highest BCUT2D eigenvalue weighted by atomic mass is 32.2. The van der Waals surface area contributed by atoms with E-state index in [1.54, 1.807) is 11.6 Å². The normalized spacial score (nSPS) is 16.3. The molecule has 136 valence electrons. The molecule has 1 saturated heterocycles. The van der Waals surface area contributed by atoms with Crippen molar-refractivity contribution in [2.24, 2.45) is 0 Å². The van der Waals surface area contributed by atoms with Crippen LogP contribution in [0.5, 0.6) is 0 Å². The van der Waals surface area contributed by atoms with Crippen LogP contribution in [-0.2, 0) is 21.3 Å². The number of rotatable bonds is 4. The van der Waals surface area contributed by atoms with Crippen molar-refractivity contribution in [3.05, 3.63) is 46.3 Å². The SMILES string of the molecule is Cc1cc(C)cc(Cn2nc(C)c(S(=O)(=O)N3CCOCC3)c2C)c1. The molecule has 2 heterocycles. The highest BCUT2D eigenvalue weighted by Gasteiger charge is 2.32. The number of nitrogens with zero attached hydrogens (tertiary/aromatic N) is 3. The molecular formula is C18H25N3O3S. The first kappa shape index (κ1) is 18.1. The van der Waals surface area contributed by atoms with Crippen LogP contribution in [-0.4, -0.2) is 48.8 Å². The number of benzene rings is 1. The van der Waals surface area contributed by atoms with E-state index in [-0.39, 0.29) is 0 Å². The molecule has 1 aromatic heterocycles. The average molecular weight is 363 g/mol. The lowest BCUT2D eigenvalue weighted by Gasteiger charge is -2.26. The average Bonchev–Trinajstić information content (AvgIpc) is 2.81. The summed E-state index contributed by atoms with van der Waals surface area (Å²) in [5.41, 5.74) is 4.74. The predicted octanol–water partition coefficient (Wildman–Crippen LogP) is 2.19. The lowest BCUT2D eigenvalue weighted by Crippen LogP contribution is -2.41. The minimum atomic E-state index is -3.54. The molecule has 1 fully saturated rings. The molecule has 7 heteroatoms. The van der Waals surface area contributed by atoms with Gasteiger partial charge in [0.1, 0.15) is 4.90 Å². The van der Waals surface area contributed by atoms with Gasteiger partial charge in [0.2, 0.25) is 10.0 Å². The van der Waals surface area contributed by atoms with Gasteiger partial charge in [0.25, 0.3) is 0 Å².